The zero-order valence-electron chi connectivity index (χ0n) is 19.1. The Labute approximate surface area is 201 Å². The van der Waals surface area contributed by atoms with E-state index < -0.39 is 11.9 Å². The van der Waals surface area contributed by atoms with E-state index in [9.17, 15) is 14.9 Å². The largest absolute Gasteiger partial charge is 0.462 e. The number of nitrogens with zero attached hydrogens (tertiary/aromatic N) is 3. The van der Waals surface area contributed by atoms with Crippen LogP contribution in [0.2, 0.25) is 0 Å². The van der Waals surface area contributed by atoms with E-state index in [0.717, 1.165) is 13.1 Å². The van der Waals surface area contributed by atoms with Crippen LogP contribution in [0.5, 0.6) is 0 Å². The van der Waals surface area contributed by atoms with Crippen molar-refractivity contribution in [1.29, 1.82) is 5.26 Å². The number of nitriles is 1. The van der Waals surface area contributed by atoms with E-state index >= 15 is 0 Å². The lowest BCUT2D eigenvalue weighted by molar-refractivity contribution is -0.112. The van der Waals surface area contributed by atoms with Gasteiger partial charge in [-0.05, 0) is 50.1 Å². The molecule has 0 radical (unpaired) electrons. The molecule has 1 aliphatic rings. The fourth-order valence-electron chi connectivity index (χ4n) is 3.66. The number of esters is 1. The van der Waals surface area contributed by atoms with E-state index in [2.05, 4.69) is 42.3 Å². The van der Waals surface area contributed by atoms with Crippen molar-refractivity contribution < 1.29 is 14.3 Å². The van der Waals surface area contributed by atoms with Crippen molar-refractivity contribution in [2.75, 3.05) is 43.0 Å². The molecule has 174 valence electrons. The van der Waals surface area contributed by atoms with Crippen LogP contribution in [0.15, 0.2) is 54.2 Å². The quantitative estimate of drug-likeness (QED) is 0.390. The first kappa shape index (κ1) is 25.8. The zero-order chi connectivity index (χ0) is 23.1. The second kappa shape index (κ2) is 11.9. The number of ether oxygens (including phenoxy) is 1. The van der Waals surface area contributed by atoms with E-state index in [1.165, 1.54) is 16.8 Å². The topological polar surface area (TPSA) is 85.7 Å². The Kier molecular flexibility index (Phi) is 9.31. The molecule has 7 nitrogen and oxygen atoms in total. The van der Waals surface area contributed by atoms with Crippen LogP contribution >= 0.6 is 12.4 Å². The van der Waals surface area contributed by atoms with Gasteiger partial charge in [0.05, 0.1) is 17.9 Å². The summed E-state index contributed by atoms with van der Waals surface area (Å²) in [4.78, 5) is 29.2. The number of carbonyl (C=O) groups excluding carboxylic acids is 2. The van der Waals surface area contributed by atoms with Gasteiger partial charge in [0.1, 0.15) is 11.6 Å². The molecule has 0 aliphatic carbocycles. The number of benzene rings is 2. The summed E-state index contributed by atoms with van der Waals surface area (Å²) >= 11 is 0. The van der Waals surface area contributed by atoms with Crippen LogP contribution < -0.4 is 10.2 Å². The summed E-state index contributed by atoms with van der Waals surface area (Å²) in [7, 11) is 0. The molecule has 2 aromatic rings. The number of anilines is 2. The Morgan fingerprint density at radius 1 is 1.09 bits per heavy atom. The summed E-state index contributed by atoms with van der Waals surface area (Å²) < 4.78 is 5.04. The summed E-state index contributed by atoms with van der Waals surface area (Å²) in [6.07, 6.45) is 1.60. The molecule has 1 amide bonds. The molecule has 0 unspecified atom stereocenters. The van der Waals surface area contributed by atoms with Crippen LogP contribution in [0, 0.1) is 25.2 Å². The lowest BCUT2D eigenvalue weighted by Gasteiger charge is -2.36. The Bertz CT molecular complexity index is 1070. The highest BCUT2D eigenvalue weighted by atomic mass is 35.5. The minimum Gasteiger partial charge on any atom is -0.462 e. The first-order valence-corrected chi connectivity index (χ1v) is 10.7. The molecule has 1 saturated heterocycles. The summed E-state index contributed by atoms with van der Waals surface area (Å²) in [6.45, 7) is 9.18. The van der Waals surface area contributed by atoms with E-state index in [1.54, 1.807) is 37.4 Å². The maximum atomic E-state index is 12.7. The highest BCUT2D eigenvalue weighted by Gasteiger charge is 2.20. The van der Waals surface area contributed by atoms with Crippen molar-refractivity contribution in [3.05, 3.63) is 70.9 Å². The monoisotopic (exact) mass is 468 g/mol. The molecule has 3 rings (SSSR count). The fraction of sp³-hybridized carbons (Fsp3) is 0.320. The second-order valence-corrected chi connectivity index (χ2v) is 7.62. The molecule has 1 aliphatic heterocycles. The Morgan fingerprint density at radius 2 is 1.79 bits per heavy atom. The van der Waals surface area contributed by atoms with Gasteiger partial charge >= 0.3 is 5.97 Å². The lowest BCUT2D eigenvalue weighted by atomic mass is 10.1. The summed E-state index contributed by atoms with van der Waals surface area (Å²) in [5.41, 5.74) is 4.32. The number of nitrogens with one attached hydrogen (secondary N) is 1. The molecule has 1 N–H and O–H groups in total. The fourth-order valence-corrected chi connectivity index (χ4v) is 3.66. The average molecular weight is 469 g/mol. The Hall–Kier alpha value is -3.50. The number of rotatable bonds is 6. The van der Waals surface area contributed by atoms with Crippen LogP contribution in [-0.4, -0.2) is 49.6 Å². The van der Waals surface area contributed by atoms with Crippen LogP contribution in [0.4, 0.5) is 11.4 Å². The predicted molar refractivity (Wildman–Crippen MR) is 132 cm³/mol. The highest BCUT2D eigenvalue weighted by molar-refractivity contribution is 6.09. The van der Waals surface area contributed by atoms with Gasteiger partial charge in [-0.25, -0.2) is 4.79 Å². The third kappa shape index (κ3) is 6.27. The maximum Gasteiger partial charge on any atom is 0.340 e. The van der Waals surface area contributed by atoms with Gasteiger partial charge in [-0.1, -0.05) is 24.3 Å². The smallest absolute Gasteiger partial charge is 0.340 e. The SMILES string of the molecule is CCOC(=O)c1ccccc1NC(=O)/C(C#N)=C\N1CCN(c2cccc(C)c2C)CC1.Cl. The molecule has 0 aromatic heterocycles. The minimum atomic E-state index is -0.554. The van der Waals surface area contributed by atoms with Crippen molar-refractivity contribution >= 4 is 35.7 Å². The van der Waals surface area contributed by atoms with Gasteiger partial charge in [0.2, 0.25) is 0 Å². The van der Waals surface area contributed by atoms with Gasteiger partial charge in [0.25, 0.3) is 5.91 Å². The summed E-state index contributed by atoms with van der Waals surface area (Å²) in [5.74, 6) is -1.07. The molecule has 8 heteroatoms. The van der Waals surface area contributed by atoms with Crippen molar-refractivity contribution in [2.45, 2.75) is 20.8 Å². The number of para-hydroxylation sites is 1. The lowest BCUT2D eigenvalue weighted by Crippen LogP contribution is -2.44. The van der Waals surface area contributed by atoms with E-state index in [4.69, 9.17) is 4.74 Å². The molecule has 33 heavy (non-hydrogen) atoms. The Morgan fingerprint density at radius 3 is 2.45 bits per heavy atom. The minimum absolute atomic E-state index is 0. The van der Waals surface area contributed by atoms with Gasteiger partial charge in [0.15, 0.2) is 0 Å². The zero-order valence-corrected chi connectivity index (χ0v) is 19.9. The third-order valence-corrected chi connectivity index (χ3v) is 5.58. The molecular formula is C25H29ClN4O3. The van der Waals surface area contributed by atoms with E-state index in [-0.39, 0.29) is 30.2 Å². The van der Waals surface area contributed by atoms with Crippen LogP contribution in [0.1, 0.15) is 28.4 Å². The number of aryl methyl sites for hydroxylation is 1. The third-order valence-electron chi connectivity index (χ3n) is 5.58. The highest BCUT2D eigenvalue weighted by Crippen LogP contribution is 2.24. The molecule has 0 saturated carbocycles. The number of carbonyl (C=O) groups is 2. The predicted octanol–water partition coefficient (Wildman–Crippen LogP) is 4.07. The number of piperazine rings is 1. The van der Waals surface area contributed by atoms with Crippen LogP contribution in [0.3, 0.4) is 0 Å². The van der Waals surface area contributed by atoms with Crippen molar-refractivity contribution in [3.63, 3.8) is 0 Å². The summed E-state index contributed by atoms with van der Waals surface area (Å²) in [5, 5.41) is 12.2. The van der Waals surface area contributed by atoms with Crippen LogP contribution in [-0.2, 0) is 9.53 Å². The van der Waals surface area contributed by atoms with Gasteiger partial charge in [-0.3, -0.25) is 4.79 Å². The van der Waals surface area contributed by atoms with Crippen molar-refractivity contribution in [3.8, 4) is 6.07 Å². The standard InChI is InChI=1S/C25H28N4O3.ClH/c1-4-32-25(31)21-9-5-6-10-22(21)27-24(30)20(16-26)17-28-12-14-29(15-13-28)23-11-7-8-18(2)19(23)3;/h5-11,17H,4,12-15H2,1-3H3,(H,27,30);1H/b20-17-;. The molecule has 0 spiro atoms. The van der Waals surface area contributed by atoms with Crippen molar-refractivity contribution in [1.82, 2.24) is 4.90 Å². The van der Waals surface area contributed by atoms with Gasteiger partial charge in [-0.15, -0.1) is 12.4 Å². The number of hydrogen-bond donors (Lipinski definition) is 1. The molecule has 0 bridgehead atoms. The number of halogens is 1. The van der Waals surface area contributed by atoms with Gasteiger partial charge in [-0.2, -0.15) is 5.26 Å². The molecule has 1 heterocycles. The maximum absolute atomic E-state index is 12.7. The molecular weight excluding hydrogens is 440 g/mol. The first-order valence-electron chi connectivity index (χ1n) is 10.7. The number of amides is 1. The van der Waals surface area contributed by atoms with E-state index in [0.29, 0.717) is 18.8 Å². The average Bonchev–Trinajstić information content (AvgIpc) is 2.80. The van der Waals surface area contributed by atoms with Gasteiger partial charge in [0, 0.05) is 38.1 Å². The molecule has 2 aromatic carbocycles. The molecule has 1 fully saturated rings. The van der Waals surface area contributed by atoms with E-state index in [1.807, 2.05) is 11.0 Å². The first-order chi connectivity index (χ1) is 15.4. The second-order valence-electron chi connectivity index (χ2n) is 7.62. The van der Waals surface area contributed by atoms with Gasteiger partial charge < -0.3 is 19.9 Å². The van der Waals surface area contributed by atoms with Crippen molar-refractivity contribution in [2.24, 2.45) is 0 Å². The molecule has 0 atom stereocenters. The number of hydrogen-bond acceptors (Lipinski definition) is 6. The van der Waals surface area contributed by atoms with Crippen LogP contribution in [0.25, 0.3) is 0 Å². The summed E-state index contributed by atoms with van der Waals surface area (Å²) in [6, 6.07) is 14.9. The Balaban J connectivity index is 0.00000385. The normalized spacial score (nSPS) is 13.6.